The summed E-state index contributed by atoms with van der Waals surface area (Å²) in [6.07, 6.45) is 1.34. The average molecular weight is 280 g/mol. The van der Waals surface area contributed by atoms with Crippen LogP contribution in [0.25, 0.3) is 0 Å². The summed E-state index contributed by atoms with van der Waals surface area (Å²) in [6.45, 7) is -0.552. The number of aliphatic carboxylic acids is 1. The lowest BCUT2D eigenvalue weighted by atomic mass is 10.2. The van der Waals surface area contributed by atoms with Crippen LogP contribution < -0.4 is 0 Å². The van der Waals surface area contributed by atoms with Crippen molar-refractivity contribution in [2.24, 2.45) is 0 Å². The van der Waals surface area contributed by atoms with E-state index in [1.165, 1.54) is 24.3 Å². The minimum atomic E-state index is -3.86. The molecule has 0 atom stereocenters. The number of carboxylic acid groups (broad SMARTS) is 1. The molecule has 1 aliphatic carbocycles. The molecule has 1 aliphatic rings. The zero-order valence-corrected chi connectivity index (χ0v) is 10.8. The summed E-state index contributed by atoms with van der Waals surface area (Å²) in [5, 5.41) is 17.6. The first-order chi connectivity index (χ1) is 8.95. The van der Waals surface area contributed by atoms with Crippen LogP contribution in [0.1, 0.15) is 18.4 Å². The van der Waals surface area contributed by atoms with Crippen LogP contribution in [-0.2, 0) is 14.8 Å². The normalized spacial score (nSPS) is 15.2. The van der Waals surface area contributed by atoms with E-state index in [1.807, 2.05) is 6.07 Å². The lowest BCUT2D eigenvalue weighted by molar-refractivity contribution is -0.137. The van der Waals surface area contributed by atoms with Gasteiger partial charge in [0, 0.05) is 6.04 Å². The Morgan fingerprint density at radius 2 is 2.16 bits per heavy atom. The molecule has 0 aliphatic heterocycles. The lowest BCUT2D eigenvalue weighted by Gasteiger charge is -2.19. The Labute approximate surface area is 110 Å². The van der Waals surface area contributed by atoms with E-state index in [1.54, 1.807) is 0 Å². The van der Waals surface area contributed by atoms with Crippen LogP contribution >= 0.6 is 0 Å². The molecule has 0 bridgehead atoms. The third-order valence-electron chi connectivity index (χ3n) is 2.81. The Kier molecular flexibility index (Phi) is 3.55. The standard InChI is InChI=1S/C12H12N2O4S/c13-7-9-2-1-3-11(6-9)19(17,18)14(8-12(15)16)10-4-5-10/h1-3,6,10H,4-5,8H2,(H,15,16). The van der Waals surface area contributed by atoms with Crippen molar-refractivity contribution in [2.45, 2.75) is 23.8 Å². The first-order valence-corrected chi connectivity index (χ1v) is 7.13. The smallest absolute Gasteiger partial charge is 0.318 e. The van der Waals surface area contributed by atoms with Crippen LogP contribution in [0.2, 0.25) is 0 Å². The van der Waals surface area contributed by atoms with Crippen LogP contribution in [0.4, 0.5) is 0 Å². The van der Waals surface area contributed by atoms with E-state index in [2.05, 4.69) is 0 Å². The molecule has 7 heteroatoms. The van der Waals surface area contributed by atoms with E-state index in [9.17, 15) is 13.2 Å². The number of carbonyl (C=O) groups is 1. The second-order valence-corrected chi connectivity index (χ2v) is 6.21. The van der Waals surface area contributed by atoms with E-state index in [-0.39, 0.29) is 16.5 Å². The van der Waals surface area contributed by atoms with Gasteiger partial charge in [-0.25, -0.2) is 8.42 Å². The molecule has 0 aromatic heterocycles. The summed E-state index contributed by atoms with van der Waals surface area (Å²) in [5.41, 5.74) is 0.229. The molecule has 0 unspecified atom stereocenters. The molecule has 100 valence electrons. The van der Waals surface area contributed by atoms with Crippen LogP contribution in [0.15, 0.2) is 29.2 Å². The van der Waals surface area contributed by atoms with E-state index in [0.29, 0.717) is 12.8 Å². The van der Waals surface area contributed by atoms with E-state index >= 15 is 0 Å². The fourth-order valence-electron chi connectivity index (χ4n) is 1.77. The SMILES string of the molecule is N#Cc1cccc(S(=O)(=O)N(CC(=O)O)C2CC2)c1. The van der Waals surface area contributed by atoms with E-state index < -0.39 is 22.5 Å². The van der Waals surface area contributed by atoms with Gasteiger partial charge in [0.05, 0.1) is 16.5 Å². The van der Waals surface area contributed by atoms with Crippen LogP contribution in [0.3, 0.4) is 0 Å². The topological polar surface area (TPSA) is 98.5 Å². The second-order valence-electron chi connectivity index (χ2n) is 4.31. The van der Waals surface area contributed by atoms with Gasteiger partial charge in [0.15, 0.2) is 0 Å². The summed E-state index contributed by atoms with van der Waals surface area (Å²) >= 11 is 0. The van der Waals surface area contributed by atoms with Gasteiger partial charge in [-0.3, -0.25) is 4.79 Å². The molecule has 0 heterocycles. The summed E-state index contributed by atoms with van der Waals surface area (Å²) in [7, 11) is -3.86. The van der Waals surface area contributed by atoms with E-state index in [0.717, 1.165) is 4.31 Å². The van der Waals surface area contributed by atoms with Crippen molar-refractivity contribution < 1.29 is 18.3 Å². The Morgan fingerprint density at radius 3 is 2.68 bits per heavy atom. The minimum Gasteiger partial charge on any atom is -0.480 e. The van der Waals surface area contributed by atoms with Crippen molar-refractivity contribution in [3.8, 4) is 6.07 Å². The number of nitrogens with zero attached hydrogens (tertiary/aromatic N) is 2. The maximum atomic E-state index is 12.4. The van der Waals surface area contributed by atoms with Gasteiger partial charge in [-0.15, -0.1) is 0 Å². The molecule has 0 amide bonds. The number of rotatable bonds is 5. The highest BCUT2D eigenvalue weighted by Crippen LogP contribution is 2.31. The van der Waals surface area contributed by atoms with Crippen LogP contribution in [0.5, 0.6) is 0 Å². The predicted octanol–water partition coefficient (Wildman–Crippen LogP) is 0.796. The number of nitriles is 1. The summed E-state index contributed by atoms with van der Waals surface area (Å²) in [5.74, 6) is -1.19. The molecule has 6 nitrogen and oxygen atoms in total. The first kappa shape index (κ1) is 13.5. The zero-order valence-electron chi connectivity index (χ0n) is 9.98. The number of sulfonamides is 1. The number of hydrogen-bond acceptors (Lipinski definition) is 4. The molecule has 1 aromatic rings. The molecular formula is C12H12N2O4S. The van der Waals surface area contributed by atoms with Crippen molar-refractivity contribution in [3.05, 3.63) is 29.8 Å². The Hall–Kier alpha value is -1.91. The second kappa shape index (κ2) is 4.99. The number of carboxylic acids is 1. The van der Waals surface area contributed by atoms with E-state index in [4.69, 9.17) is 10.4 Å². The summed E-state index contributed by atoms with van der Waals surface area (Å²) in [6, 6.07) is 7.21. The van der Waals surface area contributed by atoms with Crippen LogP contribution in [-0.4, -0.2) is 36.4 Å². The lowest BCUT2D eigenvalue weighted by Crippen LogP contribution is -2.37. The molecule has 1 saturated carbocycles. The van der Waals surface area contributed by atoms with Gasteiger partial charge in [-0.2, -0.15) is 9.57 Å². The highest BCUT2D eigenvalue weighted by molar-refractivity contribution is 7.89. The molecule has 1 aromatic carbocycles. The Balaban J connectivity index is 2.38. The van der Waals surface area contributed by atoms with Gasteiger partial charge in [-0.05, 0) is 31.0 Å². The third-order valence-corrected chi connectivity index (χ3v) is 4.71. The van der Waals surface area contributed by atoms with Crippen molar-refractivity contribution in [3.63, 3.8) is 0 Å². The first-order valence-electron chi connectivity index (χ1n) is 5.69. The molecule has 0 saturated heterocycles. The van der Waals surface area contributed by atoms with Crippen molar-refractivity contribution >= 4 is 16.0 Å². The molecule has 1 fully saturated rings. The maximum Gasteiger partial charge on any atom is 0.318 e. The predicted molar refractivity (Wildman–Crippen MR) is 65.7 cm³/mol. The molecule has 19 heavy (non-hydrogen) atoms. The zero-order chi connectivity index (χ0) is 14.0. The van der Waals surface area contributed by atoms with Crippen molar-refractivity contribution in [1.82, 2.24) is 4.31 Å². The third kappa shape index (κ3) is 2.92. The molecule has 0 radical (unpaired) electrons. The Bertz CT molecular complexity index is 644. The fraction of sp³-hybridized carbons (Fsp3) is 0.333. The fourth-order valence-corrected chi connectivity index (χ4v) is 3.45. The quantitative estimate of drug-likeness (QED) is 0.860. The van der Waals surface area contributed by atoms with Gasteiger partial charge in [0.25, 0.3) is 0 Å². The van der Waals surface area contributed by atoms with Gasteiger partial charge >= 0.3 is 5.97 Å². The molecule has 2 rings (SSSR count). The molecule has 1 N–H and O–H groups in total. The monoisotopic (exact) mass is 280 g/mol. The average Bonchev–Trinajstić information content (AvgIpc) is 3.20. The summed E-state index contributed by atoms with van der Waals surface area (Å²) in [4.78, 5) is 10.7. The summed E-state index contributed by atoms with van der Waals surface area (Å²) < 4.78 is 25.7. The highest BCUT2D eigenvalue weighted by atomic mass is 32.2. The Morgan fingerprint density at radius 1 is 1.47 bits per heavy atom. The highest BCUT2D eigenvalue weighted by Gasteiger charge is 2.39. The minimum absolute atomic E-state index is 0.0419. The number of hydrogen-bond donors (Lipinski definition) is 1. The van der Waals surface area contributed by atoms with Crippen LogP contribution in [0, 0.1) is 11.3 Å². The van der Waals surface area contributed by atoms with Gasteiger partial charge < -0.3 is 5.11 Å². The van der Waals surface area contributed by atoms with Gasteiger partial charge in [-0.1, -0.05) is 6.07 Å². The van der Waals surface area contributed by atoms with Gasteiger partial charge in [0.2, 0.25) is 10.0 Å². The van der Waals surface area contributed by atoms with Gasteiger partial charge in [0.1, 0.15) is 6.54 Å². The number of benzene rings is 1. The van der Waals surface area contributed by atoms with Crippen molar-refractivity contribution in [1.29, 1.82) is 5.26 Å². The molecular weight excluding hydrogens is 268 g/mol. The largest absolute Gasteiger partial charge is 0.480 e. The van der Waals surface area contributed by atoms with Crippen molar-refractivity contribution in [2.75, 3.05) is 6.54 Å². The molecule has 0 spiro atoms. The maximum absolute atomic E-state index is 12.4.